The molecule has 1 N–H and O–H groups in total. The van der Waals surface area contributed by atoms with E-state index in [1.807, 2.05) is 6.07 Å². The van der Waals surface area contributed by atoms with Gasteiger partial charge in [0.1, 0.15) is 23.1 Å². The van der Waals surface area contributed by atoms with E-state index in [2.05, 4.69) is 21.2 Å². The summed E-state index contributed by atoms with van der Waals surface area (Å²) in [4.78, 5) is 0. The monoisotopic (exact) mass is 327 g/mol. The van der Waals surface area contributed by atoms with Gasteiger partial charge in [-0.3, -0.25) is 0 Å². The van der Waals surface area contributed by atoms with Gasteiger partial charge in [-0.25, -0.2) is 8.78 Å². The van der Waals surface area contributed by atoms with E-state index < -0.39 is 11.6 Å². The predicted octanol–water partition coefficient (Wildman–Crippen LogP) is 4.81. The predicted molar refractivity (Wildman–Crippen MR) is 72.1 cm³/mol. The summed E-state index contributed by atoms with van der Waals surface area (Å²) < 4.78 is 33.4. The van der Waals surface area contributed by atoms with Gasteiger partial charge in [0, 0.05) is 16.5 Å². The maximum atomic E-state index is 13.8. The van der Waals surface area contributed by atoms with Crippen molar-refractivity contribution in [3.8, 4) is 0 Å². The number of hydrogen-bond acceptors (Lipinski definition) is 2. The Kier molecular flexibility index (Phi) is 3.31. The maximum absolute atomic E-state index is 13.8. The lowest BCUT2D eigenvalue weighted by molar-refractivity contribution is 0.459. The third-order valence-corrected chi connectivity index (χ3v) is 3.84. The first-order valence-corrected chi connectivity index (χ1v) is 6.92. The molecule has 1 aromatic carbocycles. The number of furan rings is 1. The minimum atomic E-state index is -0.595. The van der Waals surface area contributed by atoms with Crippen molar-refractivity contribution in [2.45, 2.75) is 25.3 Å². The van der Waals surface area contributed by atoms with Gasteiger partial charge in [-0.15, -0.1) is 0 Å². The first-order valence-electron chi connectivity index (χ1n) is 6.12. The fourth-order valence-corrected chi connectivity index (χ4v) is 2.89. The first-order chi connectivity index (χ1) is 9.15. The van der Waals surface area contributed by atoms with Crippen molar-refractivity contribution in [1.29, 1.82) is 0 Å². The average molecular weight is 328 g/mol. The summed E-state index contributed by atoms with van der Waals surface area (Å²) in [6.45, 7) is 0. The van der Waals surface area contributed by atoms with Crippen LogP contribution in [0.1, 0.15) is 30.2 Å². The summed E-state index contributed by atoms with van der Waals surface area (Å²) in [5.41, 5.74) is 0.912. The van der Waals surface area contributed by atoms with Gasteiger partial charge >= 0.3 is 0 Å². The molecule has 0 bridgehead atoms. The third-order valence-electron chi connectivity index (χ3n) is 3.38. The molecule has 1 heterocycles. The lowest BCUT2D eigenvalue weighted by Gasteiger charge is -2.24. The number of rotatable bonds is 2. The first kappa shape index (κ1) is 12.7. The van der Waals surface area contributed by atoms with E-state index in [-0.39, 0.29) is 11.7 Å². The van der Waals surface area contributed by atoms with Crippen LogP contribution in [-0.2, 0) is 6.42 Å². The molecular formula is C14H12BrF2NO. The molecule has 0 aliphatic heterocycles. The quantitative estimate of drug-likeness (QED) is 0.856. The zero-order chi connectivity index (χ0) is 13.4. The Labute approximate surface area is 117 Å². The molecule has 0 fully saturated rings. The maximum Gasteiger partial charge on any atom is 0.150 e. The number of halogens is 3. The standard InChI is InChI=1S/C14H12BrF2NO/c15-8-6-10(16)14(11(17)7-8)18-12-2-1-3-13-9(12)4-5-19-13/h4-7,12,18H,1-3H2. The van der Waals surface area contributed by atoms with E-state index in [0.29, 0.717) is 4.47 Å². The van der Waals surface area contributed by atoms with Crippen molar-refractivity contribution in [1.82, 2.24) is 0 Å². The zero-order valence-corrected chi connectivity index (χ0v) is 11.6. The van der Waals surface area contributed by atoms with Gasteiger partial charge in [0.25, 0.3) is 0 Å². The fraction of sp³-hybridized carbons (Fsp3) is 0.286. The molecule has 5 heteroatoms. The molecule has 0 saturated heterocycles. The Bertz CT molecular complexity index is 588. The average Bonchev–Trinajstić information content (AvgIpc) is 2.82. The normalized spacial score (nSPS) is 18.2. The molecule has 1 aliphatic rings. The summed E-state index contributed by atoms with van der Waals surface area (Å²) in [5, 5.41) is 2.96. The summed E-state index contributed by atoms with van der Waals surface area (Å²) in [6, 6.07) is 4.27. The van der Waals surface area contributed by atoms with E-state index in [9.17, 15) is 8.78 Å². The van der Waals surface area contributed by atoms with Crippen LogP contribution in [0.25, 0.3) is 0 Å². The highest BCUT2D eigenvalue weighted by atomic mass is 79.9. The Morgan fingerprint density at radius 3 is 2.74 bits per heavy atom. The molecule has 19 heavy (non-hydrogen) atoms. The molecular weight excluding hydrogens is 316 g/mol. The highest BCUT2D eigenvalue weighted by Gasteiger charge is 2.24. The van der Waals surface area contributed by atoms with Gasteiger partial charge in [-0.05, 0) is 31.0 Å². The Balaban J connectivity index is 1.92. The van der Waals surface area contributed by atoms with Crippen LogP contribution in [0.15, 0.2) is 33.4 Å². The third kappa shape index (κ3) is 2.39. The number of fused-ring (bicyclic) bond motifs is 1. The number of aryl methyl sites for hydroxylation is 1. The molecule has 0 amide bonds. The van der Waals surface area contributed by atoms with Gasteiger partial charge in [-0.2, -0.15) is 0 Å². The number of hydrogen-bond donors (Lipinski definition) is 1. The van der Waals surface area contributed by atoms with Crippen LogP contribution in [0.2, 0.25) is 0 Å². The Hall–Kier alpha value is -1.36. The van der Waals surface area contributed by atoms with Crippen LogP contribution < -0.4 is 5.32 Å². The van der Waals surface area contributed by atoms with Crippen molar-refractivity contribution < 1.29 is 13.2 Å². The highest BCUT2D eigenvalue weighted by Crippen LogP contribution is 2.35. The number of benzene rings is 1. The topological polar surface area (TPSA) is 25.2 Å². The minimum Gasteiger partial charge on any atom is -0.469 e. The van der Waals surface area contributed by atoms with Crippen molar-refractivity contribution in [2.24, 2.45) is 0 Å². The lowest BCUT2D eigenvalue weighted by atomic mass is 9.93. The molecule has 0 saturated carbocycles. The molecule has 1 aliphatic carbocycles. The molecule has 0 radical (unpaired) electrons. The van der Waals surface area contributed by atoms with Crippen LogP contribution in [-0.4, -0.2) is 0 Å². The van der Waals surface area contributed by atoms with Crippen LogP contribution in [0.4, 0.5) is 14.5 Å². The van der Waals surface area contributed by atoms with E-state index in [1.54, 1.807) is 6.26 Å². The second-order valence-corrected chi connectivity index (χ2v) is 5.55. The van der Waals surface area contributed by atoms with Crippen LogP contribution in [0, 0.1) is 11.6 Å². The highest BCUT2D eigenvalue weighted by molar-refractivity contribution is 9.10. The summed E-state index contributed by atoms with van der Waals surface area (Å²) in [6.07, 6.45) is 4.28. The van der Waals surface area contributed by atoms with Gasteiger partial charge in [-0.1, -0.05) is 15.9 Å². The van der Waals surface area contributed by atoms with E-state index in [1.165, 1.54) is 12.1 Å². The fourth-order valence-electron chi connectivity index (χ4n) is 2.49. The molecule has 1 unspecified atom stereocenters. The van der Waals surface area contributed by atoms with Gasteiger partial charge < -0.3 is 9.73 Å². The van der Waals surface area contributed by atoms with Crippen molar-refractivity contribution in [3.63, 3.8) is 0 Å². The molecule has 0 spiro atoms. The molecule has 2 aromatic rings. The van der Waals surface area contributed by atoms with Crippen LogP contribution >= 0.6 is 15.9 Å². The molecule has 3 rings (SSSR count). The van der Waals surface area contributed by atoms with Gasteiger partial charge in [0.05, 0.1) is 12.3 Å². The summed E-state index contributed by atoms with van der Waals surface area (Å²) in [5.74, 6) is -0.285. The van der Waals surface area contributed by atoms with Gasteiger partial charge in [0.15, 0.2) is 0 Å². The molecule has 100 valence electrons. The van der Waals surface area contributed by atoms with E-state index in [4.69, 9.17) is 4.42 Å². The Morgan fingerprint density at radius 1 is 1.26 bits per heavy atom. The lowest BCUT2D eigenvalue weighted by Crippen LogP contribution is -2.17. The minimum absolute atomic E-state index is 0.0813. The van der Waals surface area contributed by atoms with Crippen molar-refractivity contribution in [3.05, 3.63) is 51.9 Å². The largest absolute Gasteiger partial charge is 0.469 e. The zero-order valence-electron chi connectivity index (χ0n) is 10.1. The van der Waals surface area contributed by atoms with E-state index >= 15 is 0 Å². The SMILES string of the molecule is Fc1cc(Br)cc(F)c1NC1CCCc2occc21. The Morgan fingerprint density at radius 2 is 2.00 bits per heavy atom. The molecule has 1 aromatic heterocycles. The number of nitrogens with one attached hydrogen (secondary N) is 1. The smallest absolute Gasteiger partial charge is 0.150 e. The van der Waals surface area contributed by atoms with Gasteiger partial charge in [0.2, 0.25) is 0 Å². The molecule has 1 atom stereocenters. The van der Waals surface area contributed by atoms with Crippen LogP contribution in [0.3, 0.4) is 0 Å². The second-order valence-electron chi connectivity index (χ2n) is 4.63. The summed E-state index contributed by atoms with van der Waals surface area (Å²) in [7, 11) is 0. The van der Waals surface area contributed by atoms with E-state index in [0.717, 1.165) is 30.6 Å². The van der Waals surface area contributed by atoms with Crippen molar-refractivity contribution in [2.75, 3.05) is 5.32 Å². The molecule has 2 nitrogen and oxygen atoms in total. The van der Waals surface area contributed by atoms with Crippen LogP contribution in [0.5, 0.6) is 0 Å². The summed E-state index contributed by atoms with van der Waals surface area (Å²) >= 11 is 3.07. The second kappa shape index (κ2) is 4.96. The van der Waals surface area contributed by atoms with Crippen molar-refractivity contribution >= 4 is 21.6 Å². The number of anilines is 1.